The lowest BCUT2D eigenvalue weighted by molar-refractivity contribution is -0.891. The molecule has 0 atom stereocenters. The smallest absolute Gasteiger partial charge is 0.332 e. The Morgan fingerprint density at radius 2 is 1.72 bits per heavy atom. The molecule has 0 saturated carbocycles. The number of hydrogen-bond donors (Lipinski definition) is 3. The molecule has 1 aliphatic heterocycles. The van der Waals surface area contributed by atoms with Gasteiger partial charge in [0.25, 0.3) is 0 Å². The van der Waals surface area contributed by atoms with E-state index in [4.69, 9.17) is 5.73 Å². The molecule has 0 unspecified atom stereocenters. The van der Waals surface area contributed by atoms with Crippen LogP contribution in [0.15, 0.2) is 64.6 Å². The molecule has 0 radical (unpaired) electrons. The molecular weight excluding hydrogens is 390 g/mol. The number of anilines is 1. The maximum Gasteiger partial charge on any atom is 0.332 e. The first-order chi connectivity index (χ1) is 13.8. The number of carbonyl (C=O) groups is 1. The zero-order valence-electron chi connectivity index (χ0n) is 16.3. The number of carbonyl (C=O) groups excluding carboxylic acids is 1. The van der Waals surface area contributed by atoms with Crippen LogP contribution >= 0.6 is 0 Å². The van der Waals surface area contributed by atoms with Gasteiger partial charge in [0.2, 0.25) is 0 Å². The summed E-state index contributed by atoms with van der Waals surface area (Å²) in [4.78, 5) is 15.0. The Labute approximate surface area is 170 Å². The van der Waals surface area contributed by atoms with E-state index in [-0.39, 0.29) is 4.90 Å². The van der Waals surface area contributed by atoms with Crippen LogP contribution in [0.3, 0.4) is 0 Å². The molecule has 8 nitrogen and oxygen atoms in total. The zero-order chi connectivity index (χ0) is 20.9. The third-order valence-corrected chi connectivity index (χ3v) is 6.05. The normalized spacial score (nSPS) is 15.9. The maximum absolute atomic E-state index is 11.7. The summed E-state index contributed by atoms with van der Waals surface area (Å²) in [6, 6.07) is 16.1. The van der Waals surface area contributed by atoms with Crippen LogP contribution in [-0.4, -0.2) is 59.1 Å². The summed E-state index contributed by atoms with van der Waals surface area (Å²) in [5.41, 5.74) is 10.1. The van der Waals surface area contributed by atoms with Crippen molar-refractivity contribution in [2.75, 3.05) is 43.9 Å². The highest BCUT2D eigenvalue weighted by Crippen LogP contribution is 2.13. The number of primary amides is 1. The minimum Gasteiger partial charge on any atom is -0.360 e. The van der Waals surface area contributed by atoms with Crippen molar-refractivity contribution in [2.24, 2.45) is 10.8 Å². The van der Waals surface area contributed by atoms with E-state index in [0.29, 0.717) is 12.3 Å². The topological polar surface area (TPSA) is 109 Å². The van der Waals surface area contributed by atoms with E-state index in [2.05, 4.69) is 27.6 Å². The first-order valence-electron chi connectivity index (χ1n) is 9.39. The highest BCUT2D eigenvalue weighted by atomic mass is 32.2. The summed E-state index contributed by atoms with van der Waals surface area (Å²) in [5, 5.41) is 4.16. The molecule has 0 spiro atoms. The molecule has 1 saturated heterocycles. The van der Waals surface area contributed by atoms with Crippen molar-refractivity contribution in [2.45, 2.75) is 4.90 Å². The molecule has 2 aromatic rings. The lowest BCUT2D eigenvalue weighted by Crippen LogP contribution is -3.15. The average Bonchev–Trinajstić information content (AvgIpc) is 2.71. The van der Waals surface area contributed by atoms with Gasteiger partial charge < -0.3 is 15.5 Å². The standard InChI is InChI=1S/C20H25N5O3S/c1-29(27,28)18-9-7-16(8-10-18)19(22-23-20(21)26)15-24-11-13-25(14-12-24)17-5-3-2-4-6-17/h2-10H,11-15H2,1H3,(H3,21,23,26)/p+1/b22-19+. The fourth-order valence-corrected chi connectivity index (χ4v) is 3.99. The van der Waals surface area contributed by atoms with Crippen LogP contribution < -0.4 is 21.0 Å². The molecule has 29 heavy (non-hydrogen) atoms. The Morgan fingerprint density at radius 3 is 2.28 bits per heavy atom. The molecule has 0 aliphatic carbocycles. The molecular formula is C20H26N5O3S+. The Hall–Kier alpha value is -2.91. The summed E-state index contributed by atoms with van der Waals surface area (Å²) in [7, 11) is -3.27. The van der Waals surface area contributed by atoms with E-state index in [1.807, 2.05) is 18.2 Å². The van der Waals surface area contributed by atoms with Gasteiger partial charge in [0.05, 0.1) is 31.1 Å². The maximum atomic E-state index is 11.7. The van der Waals surface area contributed by atoms with Crippen LogP contribution in [0.1, 0.15) is 5.56 Å². The van der Waals surface area contributed by atoms with Crippen LogP contribution in [0.5, 0.6) is 0 Å². The number of benzene rings is 2. The first kappa shape index (κ1) is 20.8. The summed E-state index contributed by atoms with van der Waals surface area (Å²) in [5.74, 6) is 0. The number of piperazine rings is 1. The van der Waals surface area contributed by atoms with E-state index in [0.717, 1.165) is 31.7 Å². The molecule has 3 rings (SSSR count). The second-order valence-electron chi connectivity index (χ2n) is 7.08. The number of sulfone groups is 1. The van der Waals surface area contributed by atoms with Crippen molar-refractivity contribution in [3.8, 4) is 0 Å². The number of para-hydroxylation sites is 1. The molecule has 4 N–H and O–H groups in total. The number of rotatable bonds is 6. The van der Waals surface area contributed by atoms with Gasteiger partial charge in [-0.3, -0.25) is 0 Å². The average molecular weight is 417 g/mol. The zero-order valence-corrected chi connectivity index (χ0v) is 17.2. The predicted octanol–water partition coefficient (Wildman–Crippen LogP) is -0.132. The van der Waals surface area contributed by atoms with Gasteiger partial charge in [-0.1, -0.05) is 30.3 Å². The fourth-order valence-electron chi connectivity index (χ4n) is 3.36. The van der Waals surface area contributed by atoms with Gasteiger partial charge in [-0.25, -0.2) is 18.6 Å². The van der Waals surface area contributed by atoms with Gasteiger partial charge in [0.1, 0.15) is 12.3 Å². The largest absolute Gasteiger partial charge is 0.360 e. The van der Waals surface area contributed by atoms with Crippen molar-refractivity contribution >= 4 is 27.3 Å². The Kier molecular flexibility index (Phi) is 6.50. The molecule has 2 amide bonds. The first-order valence-corrected chi connectivity index (χ1v) is 11.3. The SMILES string of the molecule is CS(=O)(=O)c1ccc(/C(C[NH+]2CCN(c3ccccc3)CC2)=N/NC(N)=O)cc1. The van der Waals surface area contributed by atoms with Gasteiger partial charge in [0.15, 0.2) is 9.84 Å². The second kappa shape index (κ2) is 9.06. The van der Waals surface area contributed by atoms with Crippen molar-refractivity contribution < 1.29 is 18.1 Å². The highest BCUT2D eigenvalue weighted by Gasteiger charge is 2.22. The number of hydrazone groups is 1. The van der Waals surface area contributed by atoms with Crippen molar-refractivity contribution in [3.05, 3.63) is 60.2 Å². The number of nitrogens with one attached hydrogen (secondary N) is 2. The quantitative estimate of drug-likeness (QED) is 0.450. The third kappa shape index (κ3) is 5.78. The van der Waals surface area contributed by atoms with Gasteiger partial charge in [-0.2, -0.15) is 5.10 Å². The lowest BCUT2D eigenvalue weighted by atomic mass is 10.1. The predicted molar refractivity (Wildman–Crippen MR) is 113 cm³/mol. The number of urea groups is 1. The van der Waals surface area contributed by atoms with Gasteiger partial charge in [-0.15, -0.1) is 0 Å². The van der Waals surface area contributed by atoms with Crippen LogP contribution in [0, 0.1) is 0 Å². The van der Waals surface area contributed by atoms with E-state index in [1.54, 1.807) is 24.3 Å². The summed E-state index contributed by atoms with van der Waals surface area (Å²) < 4.78 is 23.4. The van der Waals surface area contributed by atoms with E-state index in [1.165, 1.54) is 16.8 Å². The summed E-state index contributed by atoms with van der Waals surface area (Å²) in [6.07, 6.45) is 1.17. The van der Waals surface area contributed by atoms with Crippen molar-refractivity contribution in [3.63, 3.8) is 0 Å². The van der Waals surface area contributed by atoms with Gasteiger partial charge in [-0.05, 0) is 24.3 Å². The third-order valence-electron chi connectivity index (χ3n) is 4.93. The van der Waals surface area contributed by atoms with E-state index >= 15 is 0 Å². The number of nitrogens with two attached hydrogens (primary N) is 1. The molecule has 1 aliphatic rings. The summed E-state index contributed by atoms with van der Waals surface area (Å²) in [6.45, 7) is 4.28. The number of nitrogens with zero attached hydrogens (tertiary/aromatic N) is 2. The fraction of sp³-hybridized carbons (Fsp3) is 0.300. The number of amides is 2. The minimum atomic E-state index is -3.27. The molecule has 9 heteroatoms. The van der Waals surface area contributed by atoms with E-state index < -0.39 is 15.9 Å². The molecule has 0 bridgehead atoms. The monoisotopic (exact) mass is 416 g/mol. The second-order valence-corrected chi connectivity index (χ2v) is 9.10. The molecule has 154 valence electrons. The van der Waals surface area contributed by atoms with Gasteiger partial charge >= 0.3 is 6.03 Å². The van der Waals surface area contributed by atoms with Crippen molar-refractivity contribution in [1.29, 1.82) is 0 Å². The van der Waals surface area contributed by atoms with Gasteiger partial charge in [0, 0.05) is 17.5 Å². The molecule has 0 aromatic heterocycles. The highest BCUT2D eigenvalue weighted by molar-refractivity contribution is 7.90. The Balaban J connectivity index is 1.70. The minimum absolute atomic E-state index is 0.243. The van der Waals surface area contributed by atoms with Crippen LogP contribution in [0.2, 0.25) is 0 Å². The van der Waals surface area contributed by atoms with Crippen molar-refractivity contribution in [1.82, 2.24) is 5.43 Å². The van der Waals surface area contributed by atoms with Crippen LogP contribution in [0.25, 0.3) is 0 Å². The Morgan fingerprint density at radius 1 is 1.10 bits per heavy atom. The van der Waals surface area contributed by atoms with E-state index in [9.17, 15) is 13.2 Å². The van der Waals surface area contributed by atoms with Crippen LogP contribution in [0.4, 0.5) is 10.5 Å². The number of hydrogen-bond acceptors (Lipinski definition) is 5. The molecule has 1 fully saturated rings. The molecule has 2 aromatic carbocycles. The molecule has 1 heterocycles. The number of quaternary nitrogens is 1. The lowest BCUT2D eigenvalue weighted by Gasteiger charge is -2.33. The summed E-state index contributed by atoms with van der Waals surface area (Å²) >= 11 is 0. The van der Waals surface area contributed by atoms with Crippen LogP contribution in [-0.2, 0) is 9.84 Å². The Bertz CT molecular complexity index is 967.